The number of nitrogens with zero attached hydrogens (tertiary/aromatic N) is 4. The Morgan fingerprint density at radius 3 is 2.75 bits per heavy atom. The van der Waals surface area contributed by atoms with Gasteiger partial charge in [-0.25, -0.2) is 15.0 Å². The summed E-state index contributed by atoms with van der Waals surface area (Å²) >= 11 is 0. The minimum Gasteiger partial charge on any atom is -0.481 e. The Hall–Kier alpha value is -2.17. The van der Waals surface area contributed by atoms with E-state index in [4.69, 9.17) is 4.74 Å². The molecular weight excluding hydrogens is 252 g/mol. The van der Waals surface area contributed by atoms with Crippen LogP contribution >= 0.6 is 0 Å². The molecule has 5 nitrogen and oxygen atoms in total. The zero-order chi connectivity index (χ0) is 13.8. The molecule has 0 atom stereocenters. The van der Waals surface area contributed by atoms with Gasteiger partial charge in [0, 0.05) is 25.4 Å². The number of ether oxygens (including phenoxy) is 1. The first-order valence-electron chi connectivity index (χ1n) is 6.95. The summed E-state index contributed by atoms with van der Waals surface area (Å²) in [6.07, 6.45) is 7.11. The maximum absolute atomic E-state index is 5.30. The topological polar surface area (TPSA) is 51.1 Å². The standard InChI is InChI=1S/C15H18N4O/c1-20-15-12(6-5-7-16-15)13-10-14(18-11-17-13)19-8-3-2-4-9-19/h5-7,10-11H,2-4,8-9H2,1H3. The third-order valence-electron chi connectivity index (χ3n) is 3.57. The Morgan fingerprint density at radius 2 is 1.95 bits per heavy atom. The van der Waals surface area contributed by atoms with Gasteiger partial charge in [0.05, 0.1) is 18.4 Å². The van der Waals surface area contributed by atoms with Gasteiger partial charge in [-0.1, -0.05) is 0 Å². The van der Waals surface area contributed by atoms with Crippen LogP contribution in [0, 0.1) is 0 Å². The second-order valence-corrected chi connectivity index (χ2v) is 4.87. The van der Waals surface area contributed by atoms with Gasteiger partial charge in [0.15, 0.2) is 0 Å². The second kappa shape index (κ2) is 5.86. The number of hydrogen-bond donors (Lipinski definition) is 0. The first-order valence-corrected chi connectivity index (χ1v) is 6.95. The molecule has 5 heteroatoms. The lowest BCUT2D eigenvalue weighted by Crippen LogP contribution is -2.30. The number of piperidine rings is 1. The Kier molecular flexibility index (Phi) is 3.76. The van der Waals surface area contributed by atoms with Crippen LogP contribution in [-0.4, -0.2) is 35.2 Å². The highest BCUT2D eigenvalue weighted by Gasteiger charge is 2.14. The average molecular weight is 270 g/mol. The molecule has 3 rings (SSSR count). The van der Waals surface area contributed by atoms with E-state index in [1.54, 1.807) is 19.6 Å². The summed E-state index contributed by atoms with van der Waals surface area (Å²) in [4.78, 5) is 15.3. The average Bonchev–Trinajstić information content (AvgIpc) is 2.56. The van der Waals surface area contributed by atoms with Crippen molar-refractivity contribution in [2.75, 3.05) is 25.1 Å². The second-order valence-electron chi connectivity index (χ2n) is 4.87. The van der Waals surface area contributed by atoms with E-state index >= 15 is 0 Å². The third-order valence-corrected chi connectivity index (χ3v) is 3.57. The Morgan fingerprint density at radius 1 is 1.10 bits per heavy atom. The molecule has 1 fully saturated rings. The van der Waals surface area contributed by atoms with Gasteiger partial charge in [-0.15, -0.1) is 0 Å². The number of rotatable bonds is 3. The molecule has 1 aliphatic heterocycles. The molecule has 0 N–H and O–H groups in total. The Labute approximate surface area is 118 Å². The predicted octanol–water partition coefficient (Wildman–Crippen LogP) is 2.54. The molecule has 20 heavy (non-hydrogen) atoms. The van der Waals surface area contributed by atoms with Crippen molar-refractivity contribution in [2.45, 2.75) is 19.3 Å². The van der Waals surface area contributed by atoms with Crippen LogP contribution in [-0.2, 0) is 0 Å². The Balaban J connectivity index is 1.94. The van der Waals surface area contributed by atoms with Crippen LogP contribution < -0.4 is 9.64 Å². The van der Waals surface area contributed by atoms with Crippen molar-refractivity contribution in [2.24, 2.45) is 0 Å². The lowest BCUT2D eigenvalue weighted by atomic mass is 10.1. The zero-order valence-corrected chi connectivity index (χ0v) is 11.6. The van der Waals surface area contributed by atoms with Crippen molar-refractivity contribution in [3.8, 4) is 17.1 Å². The quantitative estimate of drug-likeness (QED) is 0.858. The molecule has 104 valence electrons. The molecule has 2 aromatic rings. The van der Waals surface area contributed by atoms with Crippen molar-refractivity contribution in [3.63, 3.8) is 0 Å². The van der Waals surface area contributed by atoms with E-state index in [1.165, 1.54) is 19.3 Å². The minimum atomic E-state index is 0.593. The SMILES string of the molecule is COc1ncccc1-c1cc(N2CCCCC2)ncn1. The number of pyridine rings is 1. The van der Waals surface area contributed by atoms with Crippen LogP contribution in [0.2, 0.25) is 0 Å². The smallest absolute Gasteiger partial charge is 0.222 e. The molecule has 0 amide bonds. The highest BCUT2D eigenvalue weighted by Crippen LogP contribution is 2.28. The summed E-state index contributed by atoms with van der Waals surface area (Å²) in [5, 5.41) is 0. The van der Waals surface area contributed by atoms with E-state index in [-0.39, 0.29) is 0 Å². The maximum atomic E-state index is 5.30. The molecule has 0 radical (unpaired) electrons. The van der Waals surface area contributed by atoms with Crippen molar-refractivity contribution < 1.29 is 4.74 Å². The van der Waals surface area contributed by atoms with Crippen LogP contribution in [0.3, 0.4) is 0 Å². The normalized spacial score (nSPS) is 15.2. The fraction of sp³-hybridized carbons (Fsp3) is 0.400. The lowest BCUT2D eigenvalue weighted by Gasteiger charge is -2.27. The van der Waals surface area contributed by atoms with Gasteiger partial charge in [0.25, 0.3) is 0 Å². The molecule has 1 aliphatic rings. The fourth-order valence-electron chi connectivity index (χ4n) is 2.54. The van der Waals surface area contributed by atoms with Crippen LogP contribution in [0.25, 0.3) is 11.3 Å². The van der Waals surface area contributed by atoms with Gasteiger partial charge < -0.3 is 9.64 Å². The molecule has 0 bridgehead atoms. The summed E-state index contributed by atoms with van der Waals surface area (Å²) in [6.45, 7) is 2.14. The van der Waals surface area contributed by atoms with Crippen molar-refractivity contribution >= 4 is 5.82 Å². The third kappa shape index (κ3) is 2.57. The summed E-state index contributed by atoms with van der Waals surface area (Å²) in [6, 6.07) is 5.87. The largest absolute Gasteiger partial charge is 0.481 e. The van der Waals surface area contributed by atoms with E-state index in [1.807, 2.05) is 18.2 Å². The summed E-state index contributed by atoms with van der Waals surface area (Å²) < 4.78 is 5.30. The number of methoxy groups -OCH3 is 1. The summed E-state index contributed by atoms with van der Waals surface area (Å²) in [5.74, 6) is 1.58. The lowest BCUT2D eigenvalue weighted by molar-refractivity contribution is 0.399. The highest BCUT2D eigenvalue weighted by molar-refractivity contribution is 5.67. The van der Waals surface area contributed by atoms with Gasteiger partial charge in [0.1, 0.15) is 12.1 Å². The molecule has 3 heterocycles. The summed E-state index contributed by atoms with van der Waals surface area (Å²) in [7, 11) is 1.62. The molecule has 0 unspecified atom stereocenters. The number of hydrogen-bond acceptors (Lipinski definition) is 5. The molecule has 2 aromatic heterocycles. The van der Waals surface area contributed by atoms with Gasteiger partial charge in [-0.2, -0.15) is 0 Å². The maximum Gasteiger partial charge on any atom is 0.222 e. The summed E-state index contributed by atoms with van der Waals surface area (Å²) in [5.41, 5.74) is 1.75. The fourth-order valence-corrected chi connectivity index (χ4v) is 2.54. The minimum absolute atomic E-state index is 0.593. The van der Waals surface area contributed by atoms with E-state index in [0.717, 1.165) is 30.2 Å². The van der Waals surface area contributed by atoms with E-state index < -0.39 is 0 Å². The first-order chi connectivity index (χ1) is 9.88. The Bertz CT molecular complexity index is 582. The molecular formula is C15H18N4O. The van der Waals surface area contributed by atoms with Crippen molar-refractivity contribution in [3.05, 3.63) is 30.7 Å². The van der Waals surface area contributed by atoms with Gasteiger partial charge in [-0.05, 0) is 31.4 Å². The molecule has 0 spiro atoms. The zero-order valence-electron chi connectivity index (χ0n) is 11.6. The van der Waals surface area contributed by atoms with Gasteiger partial charge in [0.2, 0.25) is 5.88 Å². The number of aromatic nitrogens is 3. The van der Waals surface area contributed by atoms with Crippen molar-refractivity contribution in [1.82, 2.24) is 15.0 Å². The molecule has 0 saturated carbocycles. The van der Waals surface area contributed by atoms with Gasteiger partial charge >= 0.3 is 0 Å². The van der Waals surface area contributed by atoms with Crippen LogP contribution in [0.5, 0.6) is 5.88 Å². The van der Waals surface area contributed by atoms with Crippen molar-refractivity contribution in [1.29, 1.82) is 0 Å². The van der Waals surface area contributed by atoms with E-state index in [2.05, 4.69) is 19.9 Å². The first kappa shape index (κ1) is 12.8. The van der Waals surface area contributed by atoms with Crippen LogP contribution in [0.4, 0.5) is 5.82 Å². The monoisotopic (exact) mass is 270 g/mol. The van der Waals surface area contributed by atoms with E-state index in [9.17, 15) is 0 Å². The van der Waals surface area contributed by atoms with E-state index in [0.29, 0.717) is 5.88 Å². The number of anilines is 1. The molecule has 1 saturated heterocycles. The molecule has 0 aromatic carbocycles. The van der Waals surface area contributed by atoms with Crippen LogP contribution in [0.1, 0.15) is 19.3 Å². The molecule has 0 aliphatic carbocycles. The predicted molar refractivity (Wildman–Crippen MR) is 77.9 cm³/mol. The van der Waals surface area contributed by atoms with Gasteiger partial charge in [-0.3, -0.25) is 0 Å². The highest BCUT2D eigenvalue weighted by atomic mass is 16.5. The van der Waals surface area contributed by atoms with Crippen LogP contribution in [0.15, 0.2) is 30.7 Å².